The van der Waals surface area contributed by atoms with Crippen LogP contribution in [0.5, 0.6) is 0 Å². The van der Waals surface area contributed by atoms with Crippen molar-refractivity contribution < 1.29 is 13.9 Å². The van der Waals surface area contributed by atoms with E-state index in [0.29, 0.717) is 23.2 Å². The minimum atomic E-state index is -0.568. The number of halogens is 1. The molecule has 2 rings (SSSR count). The summed E-state index contributed by atoms with van der Waals surface area (Å²) in [6.07, 6.45) is 1.54. The number of nitrogens with zero attached hydrogens (tertiary/aromatic N) is 3. The average molecular weight is 293 g/mol. The highest BCUT2D eigenvalue weighted by Gasteiger charge is 2.08. The van der Waals surface area contributed by atoms with Gasteiger partial charge in [-0.05, 0) is 25.1 Å². The summed E-state index contributed by atoms with van der Waals surface area (Å²) < 4.78 is 17.9. The van der Waals surface area contributed by atoms with E-state index in [0.717, 1.165) is 11.8 Å². The Morgan fingerprint density at radius 2 is 2.10 bits per heavy atom. The molecule has 7 heteroatoms. The second kappa shape index (κ2) is 6.95. The lowest BCUT2D eigenvalue weighted by Gasteiger charge is -2.03. The topological polar surface area (TPSA) is 65.0 Å². The molecule has 0 amide bonds. The quantitative estimate of drug-likeness (QED) is 0.365. The Labute approximate surface area is 119 Å². The van der Waals surface area contributed by atoms with Crippen LogP contribution in [0.1, 0.15) is 6.92 Å². The summed E-state index contributed by atoms with van der Waals surface area (Å²) in [6.45, 7) is 2.09. The molecule has 0 bridgehead atoms. The Morgan fingerprint density at radius 3 is 2.85 bits per heavy atom. The number of aromatic nitrogens is 3. The SMILES string of the molecule is CCOC(=O)CSc1nccc(-c2cccc(F)n2)n1. The van der Waals surface area contributed by atoms with Crippen LogP contribution < -0.4 is 0 Å². The summed E-state index contributed by atoms with van der Waals surface area (Å²) in [5.74, 6) is -0.759. The molecule has 0 aliphatic carbocycles. The molecule has 2 aromatic heterocycles. The third-order valence-electron chi connectivity index (χ3n) is 2.24. The van der Waals surface area contributed by atoms with Gasteiger partial charge in [-0.3, -0.25) is 4.79 Å². The van der Waals surface area contributed by atoms with Gasteiger partial charge in [0.1, 0.15) is 0 Å². The second-order valence-corrected chi connectivity index (χ2v) is 4.61. The molecule has 0 aliphatic rings. The highest BCUT2D eigenvalue weighted by molar-refractivity contribution is 7.99. The maximum absolute atomic E-state index is 13.1. The zero-order chi connectivity index (χ0) is 14.4. The summed E-state index contributed by atoms with van der Waals surface area (Å²) in [5.41, 5.74) is 0.927. The van der Waals surface area contributed by atoms with E-state index in [9.17, 15) is 9.18 Å². The van der Waals surface area contributed by atoms with Crippen LogP contribution in [0.4, 0.5) is 4.39 Å². The maximum atomic E-state index is 13.1. The van der Waals surface area contributed by atoms with Crippen molar-refractivity contribution in [2.75, 3.05) is 12.4 Å². The first-order valence-electron chi connectivity index (χ1n) is 5.93. The van der Waals surface area contributed by atoms with Crippen LogP contribution in [-0.4, -0.2) is 33.3 Å². The van der Waals surface area contributed by atoms with E-state index >= 15 is 0 Å². The molecule has 2 heterocycles. The van der Waals surface area contributed by atoms with E-state index < -0.39 is 5.95 Å². The Bertz CT molecular complexity index is 610. The zero-order valence-electron chi connectivity index (χ0n) is 10.7. The van der Waals surface area contributed by atoms with Gasteiger partial charge in [-0.2, -0.15) is 4.39 Å². The minimum absolute atomic E-state index is 0.133. The van der Waals surface area contributed by atoms with Crippen LogP contribution in [-0.2, 0) is 9.53 Å². The molecule has 0 saturated carbocycles. The highest BCUT2D eigenvalue weighted by atomic mass is 32.2. The van der Waals surface area contributed by atoms with Gasteiger partial charge in [-0.1, -0.05) is 17.8 Å². The first-order chi connectivity index (χ1) is 9.69. The number of hydrogen-bond acceptors (Lipinski definition) is 6. The monoisotopic (exact) mass is 293 g/mol. The van der Waals surface area contributed by atoms with E-state index in [4.69, 9.17) is 4.74 Å². The fourth-order valence-electron chi connectivity index (χ4n) is 1.43. The lowest BCUT2D eigenvalue weighted by atomic mass is 10.3. The van der Waals surface area contributed by atoms with Gasteiger partial charge >= 0.3 is 5.97 Å². The molecule has 104 valence electrons. The molecule has 20 heavy (non-hydrogen) atoms. The summed E-state index contributed by atoms with van der Waals surface area (Å²) in [7, 11) is 0. The number of hydrogen-bond donors (Lipinski definition) is 0. The van der Waals surface area contributed by atoms with Crippen LogP contribution in [0.3, 0.4) is 0 Å². The first-order valence-corrected chi connectivity index (χ1v) is 6.92. The molecule has 0 radical (unpaired) electrons. The molecule has 2 aromatic rings. The van der Waals surface area contributed by atoms with Crippen molar-refractivity contribution in [2.24, 2.45) is 0 Å². The predicted octanol–water partition coefficient (Wildman–Crippen LogP) is 2.33. The molecule has 0 N–H and O–H groups in total. The van der Waals surface area contributed by atoms with Gasteiger partial charge in [-0.25, -0.2) is 15.0 Å². The number of rotatable bonds is 5. The van der Waals surface area contributed by atoms with Gasteiger partial charge in [0.2, 0.25) is 5.95 Å². The number of thioether (sulfide) groups is 1. The first kappa shape index (κ1) is 14.4. The van der Waals surface area contributed by atoms with Crippen molar-refractivity contribution in [3.8, 4) is 11.4 Å². The second-order valence-electron chi connectivity index (χ2n) is 3.66. The van der Waals surface area contributed by atoms with E-state index in [-0.39, 0.29) is 11.7 Å². The Morgan fingerprint density at radius 1 is 1.30 bits per heavy atom. The van der Waals surface area contributed by atoms with Crippen molar-refractivity contribution >= 4 is 17.7 Å². The van der Waals surface area contributed by atoms with Gasteiger partial charge < -0.3 is 4.74 Å². The number of ether oxygens (including phenoxy) is 1. The van der Waals surface area contributed by atoms with E-state index in [1.165, 1.54) is 6.07 Å². The Balaban J connectivity index is 2.10. The Kier molecular flexibility index (Phi) is 5.00. The molecule has 0 fully saturated rings. The smallest absolute Gasteiger partial charge is 0.316 e. The van der Waals surface area contributed by atoms with Gasteiger partial charge in [-0.15, -0.1) is 0 Å². The molecular formula is C13H12FN3O2S. The van der Waals surface area contributed by atoms with Gasteiger partial charge in [0.25, 0.3) is 0 Å². The van der Waals surface area contributed by atoms with Crippen LogP contribution in [0.25, 0.3) is 11.4 Å². The maximum Gasteiger partial charge on any atom is 0.316 e. The third kappa shape index (κ3) is 3.99. The fraction of sp³-hybridized carbons (Fsp3) is 0.231. The minimum Gasteiger partial charge on any atom is -0.465 e. The number of carbonyl (C=O) groups excluding carboxylic acids is 1. The predicted molar refractivity (Wildman–Crippen MR) is 72.6 cm³/mol. The molecular weight excluding hydrogens is 281 g/mol. The lowest BCUT2D eigenvalue weighted by molar-refractivity contribution is -0.139. The summed E-state index contributed by atoms with van der Waals surface area (Å²) in [4.78, 5) is 23.3. The van der Waals surface area contributed by atoms with Crippen LogP contribution in [0.2, 0.25) is 0 Å². The summed E-state index contributed by atoms with van der Waals surface area (Å²) in [6, 6.07) is 6.12. The van der Waals surface area contributed by atoms with Crippen LogP contribution in [0, 0.1) is 5.95 Å². The fourth-order valence-corrected chi connectivity index (χ4v) is 2.06. The van der Waals surface area contributed by atoms with Gasteiger partial charge in [0, 0.05) is 6.20 Å². The van der Waals surface area contributed by atoms with Gasteiger partial charge in [0.05, 0.1) is 23.7 Å². The van der Waals surface area contributed by atoms with E-state index in [1.54, 1.807) is 31.3 Å². The van der Waals surface area contributed by atoms with Crippen LogP contribution in [0.15, 0.2) is 35.6 Å². The molecule has 0 unspecified atom stereocenters. The van der Waals surface area contributed by atoms with Crippen molar-refractivity contribution in [3.63, 3.8) is 0 Å². The van der Waals surface area contributed by atoms with Gasteiger partial charge in [0.15, 0.2) is 5.16 Å². The molecule has 0 spiro atoms. The number of esters is 1. The third-order valence-corrected chi connectivity index (χ3v) is 3.07. The van der Waals surface area contributed by atoms with Crippen LogP contribution >= 0.6 is 11.8 Å². The van der Waals surface area contributed by atoms with Crippen molar-refractivity contribution in [1.82, 2.24) is 15.0 Å². The lowest BCUT2D eigenvalue weighted by Crippen LogP contribution is -2.07. The Hall–Kier alpha value is -2.02. The van der Waals surface area contributed by atoms with E-state index in [2.05, 4.69) is 15.0 Å². The van der Waals surface area contributed by atoms with Crippen molar-refractivity contribution in [1.29, 1.82) is 0 Å². The molecule has 0 aliphatic heterocycles. The highest BCUT2D eigenvalue weighted by Crippen LogP contribution is 2.18. The van der Waals surface area contributed by atoms with E-state index in [1.807, 2.05) is 0 Å². The van der Waals surface area contributed by atoms with Crippen molar-refractivity contribution in [3.05, 3.63) is 36.4 Å². The summed E-state index contributed by atoms with van der Waals surface area (Å²) in [5, 5.41) is 0.418. The standard InChI is InChI=1S/C13H12FN3O2S/c1-2-19-12(18)8-20-13-15-7-6-10(17-13)9-4-3-5-11(14)16-9/h3-7H,2,8H2,1H3. The normalized spacial score (nSPS) is 10.3. The average Bonchev–Trinajstić information content (AvgIpc) is 2.46. The van der Waals surface area contributed by atoms with Crippen molar-refractivity contribution in [2.45, 2.75) is 12.1 Å². The zero-order valence-corrected chi connectivity index (χ0v) is 11.6. The number of carbonyl (C=O) groups is 1. The molecule has 0 atom stereocenters. The molecule has 5 nitrogen and oxygen atoms in total. The number of pyridine rings is 1. The molecule has 0 saturated heterocycles. The summed E-state index contributed by atoms with van der Waals surface area (Å²) >= 11 is 1.16. The largest absolute Gasteiger partial charge is 0.465 e. The molecule has 0 aromatic carbocycles.